The van der Waals surface area contributed by atoms with Crippen LogP contribution < -0.4 is 10.2 Å². The number of hydrogen-bond donors (Lipinski definition) is 1. The maximum atomic E-state index is 12.2. The third kappa shape index (κ3) is 3.41. The molecule has 0 radical (unpaired) electrons. The van der Waals surface area contributed by atoms with E-state index in [-0.39, 0.29) is 5.91 Å². The summed E-state index contributed by atoms with van der Waals surface area (Å²) >= 11 is 1.77. The van der Waals surface area contributed by atoms with Crippen molar-refractivity contribution in [3.05, 3.63) is 23.7 Å². The molecule has 128 valence electrons. The smallest absolute Gasteiger partial charge is 0.220 e. The van der Waals surface area contributed by atoms with Crippen molar-refractivity contribution in [3.8, 4) is 0 Å². The Morgan fingerprint density at radius 3 is 2.79 bits per heavy atom. The Bertz CT molecular complexity index is 699. The lowest BCUT2D eigenvalue weighted by Gasteiger charge is -2.33. The Morgan fingerprint density at radius 2 is 2.00 bits per heavy atom. The van der Waals surface area contributed by atoms with Gasteiger partial charge in [-0.15, -0.1) is 11.3 Å². The van der Waals surface area contributed by atoms with Crippen molar-refractivity contribution >= 4 is 33.1 Å². The van der Waals surface area contributed by atoms with E-state index in [4.69, 9.17) is 0 Å². The summed E-state index contributed by atoms with van der Waals surface area (Å²) in [6.45, 7) is 2.08. The molecule has 2 aliphatic rings. The first-order valence-corrected chi connectivity index (χ1v) is 10.0. The summed E-state index contributed by atoms with van der Waals surface area (Å²) in [6, 6.07) is 4.66. The van der Waals surface area contributed by atoms with Gasteiger partial charge in [0.05, 0.1) is 15.9 Å². The lowest BCUT2D eigenvalue weighted by Crippen LogP contribution is -2.38. The van der Waals surface area contributed by atoms with Crippen LogP contribution in [0.3, 0.4) is 0 Å². The van der Waals surface area contributed by atoms with Gasteiger partial charge in [-0.25, -0.2) is 0 Å². The number of carbonyl (C=O) groups excluding carboxylic acids is 1. The number of nitrogens with one attached hydrogen (secondary N) is 1. The van der Waals surface area contributed by atoms with Crippen LogP contribution in [0.4, 0.5) is 5.69 Å². The number of piperidine rings is 1. The highest BCUT2D eigenvalue weighted by atomic mass is 32.1. The van der Waals surface area contributed by atoms with Gasteiger partial charge in [0.1, 0.15) is 0 Å². The fourth-order valence-electron chi connectivity index (χ4n) is 4.11. The molecule has 2 aromatic rings. The fourth-order valence-corrected chi connectivity index (χ4v) is 5.00. The van der Waals surface area contributed by atoms with Crippen molar-refractivity contribution in [2.24, 2.45) is 5.92 Å². The summed E-state index contributed by atoms with van der Waals surface area (Å²) < 4.78 is 1.29. The van der Waals surface area contributed by atoms with Gasteiger partial charge in [-0.1, -0.05) is 12.8 Å². The Kier molecular flexibility index (Phi) is 4.69. The molecule has 1 saturated heterocycles. The van der Waals surface area contributed by atoms with Gasteiger partial charge >= 0.3 is 0 Å². The number of hydrogen-bond acceptors (Lipinski definition) is 4. The summed E-state index contributed by atoms with van der Waals surface area (Å²) in [5.41, 5.74) is 2.40. The first kappa shape index (κ1) is 15.9. The standard InChI is InChI=1S/C19H25N3OS/c23-18(21-15-3-1-2-4-15)13-14-6-10-22(11-7-14)17-5-9-20-16-8-12-24-19(16)17/h5,8-9,12,14-15H,1-4,6-7,10-11,13H2,(H,21,23). The molecule has 0 aromatic carbocycles. The molecule has 4 rings (SSSR count). The summed E-state index contributed by atoms with van der Waals surface area (Å²) in [5, 5.41) is 5.34. The molecule has 0 bridgehead atoms. The van der Waals surface area contributed by atoms with Crippen LogP contribution in [-0.2, 0) is 4.79 Å². The van der Waals surface area contributed by atoms with E-state index >= 15 is 0 Å². The Labute approximate surface area is 147 Å². The van der Waals surface area contributed by atoms with Gasteiger partial charge in [0.2, 0.25) is 5.91 Å². The average Bonchev–Trinajstić information content (AvgIpc) is 3.26. The second-order valence-electron chi connectivity index (χ2n) is 7.15. The molecule has 1 saturated carbocycles. The topological polar surface area (TPSA) is 45.2 Å². The number of aromatic nitrogens is 1. The van der Waals surface area contributed by atoms with Crippen LogP contribution >= 0.6 is 11.3 Å². The van der Waals surface area contributed by atoms with E-state index in [0.717, 1.165) is 31.4 Å². The van der Waals surface area contributed by atoms with Crippen LogP contribution in [0, 0.1) is 5.92 Å². The maximum absolute atomic E-state index is 12.2. The zero-order valence-corrected chi connectivity index (χ0v) is 14.9. The van der Waals surface area contributed by atoms with Gasteiger partial charge in [-0.05, 0) is 49.1 Å². The number of carbonyl (C=O) groups is 1. The van der Waals surface area contributed by atoms with E-state index in [2.05, 4.69) is 32.7 Å². The van der Waals surface area contributed by atoms with E-state index in [9.17, 15) is 4.79 Å². The van der Waals surface area contributed by atoms with E-state index in [1.165, 1.54) is 36.1 Å². The summed E-state index contributed by atoms with van der Waals surface area (Å²) in [5.74, 6) is 0.799. The molecule has 24 heavy (non-hydrogen) atoms. The third-order valence-corrected chi connectivity index (χ3v) is 6.40. The summed E-state index contributed by atoms with van der Waals surface area (Å²) in [6.07, 6.45) is 9.70. The molecule has 5 heteroatoms. The van der Waals surface area contributed by atoms with Crippen LogP contribution in [0.5, 0.6) is 0 Å². The van der Waals surface area contributed by atoms with Crippen LogP contribution in [-0.4, -0.2) is 30.0 Å². The second kappa shape index (κ2) is 7.09. The highest BCUT2D eigenvalue weighted by Gasteiger charge is 2.24. The molecule has 0 unspecified atom stereocenters. The molecule has 0 atom stereocenters. The normalized spacial score (nSPS) is 19.9. The molecular weight excluding hydrogens is 318 g/mol. The highest BCUT2D eigenvalue weighted by Crippen LogP contribution is 2.33. The predicted octanol–water partition coefficient (Wildman–Crippen LogP) is 3.96. The lowest BCUT2D eigenvalue weighted by molar-refractivity contribution is -0.122. The van der Waals surface area contributed by atoms with Gasteiger partial charge in [0.25, 0.3) is 0 Å². The number of fused-ring (bicyclic) bond motifs is 1. The molecule has 0 spiro atoms. The zero-order valence-electron chi connectivity index (χ0n) is 14.0. The molecule has 1 N–H and O–H groups in total. The summed E-state index contributed by atoms with van der Waals surface area (Å²) in [4.78, 5) is 19.1. The molecule has 4 nitrogen and oxygen atoms in total. The number of thiophene rings is 1. The van der Waals surface area contributed by atoms with Crippen LogP contribution in [0.2, 0.25) is 0 Å². The third-order valence-electron chi connectivity index (χ3n) is 5.47. The second-order valence-corrected chi connectivity index (χ2v) is 8.06. The number of rotatable bonds is 4. The van der Waals surface area contributed by atoms with Gasteiger partial charge in [0.15, 0.2) is 0 Å². The van der Waals surface area contributed by atoms with E-state index < -0.39 is 0 Å². The molecule has 1 aliphatic heterocycles. The van der Waals surface area contributed by atoms with E-state index in [0.29, 0.717) is 18.4 Å². The quantitative estimate of drug-likeness (QED) is 0.914. The van der Waals surface area contributed by atoms with Gasteiger partial charge in [-0.2, -0.15) is 0 Å². The Hall–Kier alpha value is -1.62. The van der Waals surface area contributed by atoms with Crippen molar-refractivity contribution in [2.75, 3.05) is 18.0 Å². The minimum absolute atomic E-state index is 0.268. The Balaban J connectivity index is 1.31. The predicted molar refractivity (Wildman–Crippen MR) is 99.6 cm³/mol. The lowest BCUT2D eigenvalue weighted by atomic mass is 9.92. The number of pyridine rings is 1. The van der Waals surface area contributed by atoms with E-state index in [1.807, 2.05) is 6.20 Å². The summed E-state index contributed by atoms with van der Waals surface area (Å²) in [7, 11) is 0. The van der Waals surface area contributed by atoms with Gasteiger partial charge in [0, 0.05) is 31.7 Å². The molecule has 1 amide bonds. The average molecular weight is 343 g/mol. The van der Waals surface area contributed by atoms with E-state index in [1.54, 1.807) is 11.3 Å². The highest BCUT2D eigenvalue weighted by molar-refractivity contribution is 7.17. The number of anilines is 1. The molecule has 3 heterocycles. The first-order chi connectivity index (χ1) is 11.8. The molecule has 2 fully saturated rings. The van der Waals surface area contributed by atoms with Crippen molar-refractivity contribution in [1.29, 1.82) is 0 Å². The monoisotopic (exact) mass is 343 g/mol. The molecule has 2 aromatic heterocycles. The molecule has 1 aliphatic carbocycles. The molecular formula is C19H25N3OS. The maximum Gasteiger partial charge on any atom is 0.220 e. The van der Waals surface area contributed by atoms with Gasteiger partial charge in [-0.3, -0.25) is 9.78 Å². The minimum Gasteiger partial charge on any atom is -0.370 e. The van der Waals surface area contributed by atoms with Crippen molar-refractivity contribution in [2.45, 2.75) is 51.0 Å². The zero-order chi connectivity index (χ0) is 16.4. The number of amides is 1. The Morgan fingerprint density at radius 1 is 1.21 bits per heavy atom. The minimum atomic E-state index is 0.268. The van der Waals surface area contributed by atoms with Gasteiger partial charge < -0.3 is 10.2 Å². The largest absolute Gasteiger partial charge is 0.370 e. The van der Waals surface area contributed by atoms with Crippen LogP contribution in [0.1, 0.15) is 44.9 Å². The van der Waals surface area contributed by atoms with Crippen LogP contribution in [0.15, 0.2) is 23.7 Å². The van der Waals surface area contributed by atoms with Crippen molar-refractivity contribution in [3.63, 3.8) is 0 Å². The van der Waals surface area contributed by atoms with Crippen LogP contribution in [0.25, 0.3) is 10.2 Å². The van der Waals surface area contributed by atoms with Crippen molar-refractivity contribution < 1.29 is 4.79 Å². The fraction of sp³-hybridized carbons (Fsp3) is 0.579. The number of nitrogens with zero attached hydrogens (tertiary/aromatic N) is 2. The SMILES string of the molecule is O=C(CC1CCN(c2ccnc3ccsc23)CC1)NC1CCCC1. The van der Waals surface area contributed by atoms with Crippen molar-refractivity contribution in [1.82, 2.24) is 10.3 Å². The first-order valence-electron chi connectivity index (χ1n) is 9.16.